The summed E-state index contributed by atoms with van der Waals surface area (Å²) in [4.78, 5) is 0. The van der Waals surface area contributed by atoms with Crippen LogP contribution in [0.25, 0.3) is 0 Å². The predicted molar refractivity (Wildman–Crippen MR) is 34.5 cm³/mol. The fourth-order valence-electron chi connectivity index (χ4n) is 2.06. The van der Waals surface area contributed by atoms with E-state index in [0.29, 0.717) is 0 Å². The van der Waals surface area contributed by atoms with Crippen LogP contribution in [0.1, 0.15) is 19.8 Å². The van der Waals surface area contributed by atoms with Crippen LogP contribution in [0, 0.1) is 17.8 Å². The number of allylic oxidation sites excluding steroid dienone is 2. The predicted octanol–water partition coefficient (Wildman–Crippen LogP) is 2.22. The lowest BCUT2D eigenvalue weighted by atomic mass is 9.96. The third kappa shape index (κ3) is 0.460. The highest BCUT2D eigenvalue weighted by Gasteiger charge is 2.32. The van der Waals surface area contributed by atoms with Gasteiger partial charge >= 0.3 is 0 Å². The van der Waals surface area contributed by atoms with E-state index in [1.807, 2.05) is 0 Å². The van der Waals surface area contributed by atoms with Crippen molar-refractivity contribution in [3.05, 3.63) is 12.2 Å². The molecule has 0 aliphatic heterocycles. The number of fused-ring (bicyclic) bond motifs is 2. The van der Waals surface area contributed by atoms with Crippen molar-refractivity contribution in [2.75, 3.05) is 0 Å². The maximum absolute atomic E-state index is 2.40. The molecule has 0 amide bonds. The van der Waals surface area contributed by atoms with Crippen LogP contribution >= 0.6 is 0 Å². The van der Waals surface area contributed by atoms with Crippen molar-refractivity contribution >= 4 is 0 Å². The highest BCUT2D eigenvalue weighted by Crippen LogP contribution is 2.42. The molecule has 2 bridgehead atoms. The zero-order valence-corrected chi connectivity index (χ0v) is 5.30. The molecule has 0 aromatic heterocycles. The average Bonchev–Trinajstić information content (AvgIpc) is 2.23. The summed E-state index contributed by atoms with van der Waals surface area (Å²) in [5, 5.41) is 0. The second-order valence-electron chi connectivity index (χ2n) is 3.26. The van der Waals surface area contributed by atoms with Gasteiger partial charge in [0.05, 0.1) is 0 Å². The van der Waals surface area contributed by atoms with Crippen molar-refractivity contribution in [2.24, 2.45) is 17.8 Å². The molecular formula is C8H12. The van der Waals surface area contributed by atoms with E-state index in [9.17, 15) is 0 Å². The van der Waals surface area contributed by atoms with Gasteiger partial charge in [0.1, 0.15) is 0 Å². The van der Waals surface area contributed by atoms with Crippen molar-refractivity contribution in [2.45, 2.75) is 19.8 Å². The smallest absolute Gasteiger partial charge is 0.0202 e. The van der Waals surface area contributed by atoms with Crippen LogP contribution in [0.15, 0.2) is 12.2 Å². The lowest BCUT2D eigenvalue weighted by Gasteiger charge is -2.09. The summed E-state index contributed by atoms with van der Waals surface area (Å²) in [5.41, 5.74) is 0. The molecule has 3 atom stereocenters. The molecule has 44 valence electrons. The Morgan fingerprint density at radius 1 is 1.25 bits per heavy atom. The van der Waals surface area contributed by atoms with Crippen molar-refractivity contribution in [3.8, 4) is 0 Å². The van der Waals surface area contributed by atoms with Crippen molar-refractivity contribution in [1.29, 1.82) is 0 Å². The van der Waals surface area contributed by atoms with Gasteiger partial charge in [-0.05, 0) is 30.6 Å². The SMILES string of the molecule is C[C@@H]1C[C@@H]2C=C[C@H]1C2. The minimum absolute atomic E-state index is 0.958. The van der Waals surface area contributed by atoms with Crippen LogP contribution in [0.3, 0.4) is 0 Å². The Balaban J connectivity index is 2.23. The fraction of sp³-hybridized carbons (Fsp3) is 0.750. The summed E-state index contributed by atoms with van der Waals surface area (Å²) in [6.45, 7) is 2.37. The molecule has 0 unspecified atom stereocenters. The Kier molecular flexibility index (Phi) is 0.787. The molecule has 0 saturated heterocycles. The topological polar surface area (TPSA) is 0 Å². The van der Waals surface area contributed by atoms with Crippen molar-refractivity contribution in [1.82, 2.24) is 0 Å². The zero-order valence-electron chi connectivity index (χ0n) is 5.30. The molecule has 0 aromatic carbocycles. The minimum atomic E-state index is 0.958. The van der Waals surface area contributed by atoms with Crippen LogP contribution in [0.2, 0.25) is 0 Å². The lowest BCUT2D eigenvalue weighted by Crippen LogP contribution is -1.99. The van der Waals surface area contributed by atoms with Gasteiger partial charge in [0, 0.05) is 0 Å². The Labute approximate surface area is 50.6 Å². The van der Waals surface area contributed by atoms with Gasteiger partial charge < -0.3 is 0 Å². The van der Waals surface area contributed by atoms with E-state index in [1.54, 1.807) is 0 Å². The number of hydrogen-bond donors (Lipinski definition) is 0. The Bertz CT molecular complexity index is 124. The summed E-state index contributed by atoms with van der Waals surface area (Å²) >= 11 is 0. The first-order valence-electron chi connectivity index (χ1n) is 3.54. The molecule has 2 rings (SSSR count). The van der Waals surface area contributed by atoms with E-state index in [0.717, 1.165) is 17.8 Å². The van der Waals surface area contributed by atoms with E-state index in [4.69, 9.17) is 0 Å². The summed E-state index contributed by atoms with van der Waals surface area (Å²) in [7, 11) is 0. The molecular weight excluding hydrogens is 96.1 g/mol. The molecule has 0 heterocycles. The van der Waals surface area contributed by atoms with Gasteiger partial charge in [-0.3, -0.25) is 0 Å². The van der Waals surface area contributed by atoms with Gasteiger partial charge in [-0.1, -0.05) is 19.1 Å². The van der Waals surface area contributed by atoms with E-state index in [1.165, 1.54) is 12.8 Å². The Hall–Kier alpha value is -0.260. The fourth-order valence-corrected chi connectivity index (χ4v) is 2.06. The van der Waals surface area contributed by atoms with Gasteiger partial charge in [0.2, 0.25) is 0 Å². The molecule has 0 aromatic rings. The van der Waals surface area contributed by atoms with Crippen LogP contribution in [0.4, 0.5) is 0 Å². The highest BCUT2D eigenvalue weighted by molar-refractivity contribution is 5.08. The molecule has 2 aliphatic carbocycles. The second-order valence-corrected chi connectivity index (χ2v) is 3.26. The second kappa shape index (κ2) is 1.37. The average molecular weight is 108 g/mol. The summed E-state index contributed by atoms with van der Waals surface area (Å²) in [5.74, 6) is 2.92. The van der Waals surface area contributed by atoms with E-state index in [-0.39, 0.29) is 0 Å². The Morgan fingerprint density at radius 3 is 2.38 bits per heavy atom. The highest BCUT2D eigenvalue weighted by atomic mass is 14.4. The number of hydrogen-bond acceptors (Lipinski definition) is 0. The third-order valence-electron chi connectivity index (χ3n) is 2.61. The molecule has 0 nitrogen and oxygen atoms in total. The summed E-state index contributed by atoms with van der Waals surface area (Å²) in [6, 6.07) is 0. The quantitative estimate of drug-likeness (QED) is 0.417. The molecule has 0 heteroatoms. The largest absolute Gasteiger partial charge is 0.0851 e. The van der Waals surface area contributed by atoms with Crippen molar-refractivity contribution in [3.63, 3.8) is 0 Å². The molecule has 0 spiro atoms. The van der Waals surface area contributed by atoms with Gasteiger partial charge in [0.15, 0.2) is 0 Å². The maximum Gasteiger partial charge on any atom is -0.0202 e. The van der Waals surface area contributed by atoms with Crippen LogP contribution in [-0.2, 0) is 0 Å². The molecule has 2 aliphatic rings. The molecule has 1 fully saturated rings. The molecule has 1 saturated carbocycles. The summed E-state index contributed by atoms with van der Waals surface area (Å²) < 4.78 is 0. The van der Waals surface area contributed by atoms with Crippen LogP contribution < -0.4 is 0 Å². The lowest BCUT2D eigenvalue weighted by molar-refractivity contribution is 0.493. The van der Waals surface area contributed by atoms with Gasteiger partial charge in [-0.15, -0.1) is 0 Å². The molecule has 0 radical (unpaired) electrons. The first-order valence-corrected chi connectivity index (χ1v) is 3.54. The first kappa shape index (κ1) is 4.60. The normalized spacial score (nSPS) is 50.9. The number of rotatable bonds is 0. The standard InChI is InChI=1S/C8H12/c1-6-4-7-2-3-8(6)5-7/h2-3,6-8H,4-5H2,1H3/t6-,7+,8+/m1/s1. The minimum Gasteiger partial charge on any atom is -0.0851 e. The first-order chi connectivity index (χ1) is 3.86. The van der Waals surface area contributed by atoms with E-state index in [2.05, 4.69) is 19.1 Å². The third-order valence-corrected chi connectivity index (χ3v) is 2.61. The Morgan fingerprint density at radius 2 is 2.12 bits per heavy atom. The summed E-state index contributed by atoms with van der Waals surface area (Å²) in [6.07, 6.45) is 7.71. The van der Waals surface area contributed by atoms with Crippen molar-refractivity contribution < 1.29 is 0 Å². The zero-order chi connectivity index (χ0) is 5.56. The van der Waals surface area contributed by atoms with E-state index < -0.39 is 0 Å². The van der Waals surface area contributed by atoms with E-state index >= 15 is 0 Å². The van der Waals surface area contributed by atoms with Gasteiger partial charge in [-0.2, -0.15) is 0 Å². The monoisotopic (exact) mass is 108 g/mol. The van der Waals surface area contributed by atoms with Gasteiger partial charge in [-0.25, -0.2) is 0 Å². The van der Waals surface area contributed by atoms with Gasteiger partial charge in [0.25, 0.3) is 0 Å². The molecule has 8 heavy (non-hydrogen) atoms. The maximum atomic E-state index is 2.40. The van der Waals surface area contributed by atoms with Crippen LogP contribution in [0.5, 0.6) is 0 Å². The van der Waals surface area contributed by atoms with Crippen LogP contribution in [-0.4, -0.2) is 0 Å². The molecule has 0 N–H and O–H groups in total.